The Hall–Kier alpha value is -15.2. The number of ketones is 7. The number of aliphatic hydroxyl groups excluding tert-OH is 1. The normalized spacial score (nSPS) is 10.2. The van der Waals surface area contributed by atoms with E-state index in [1.165, 1.54) is 111 Å². The van der Waals surface area contributed by atoms with Crippen molar-refractivity contribution in [3.63, 3.8) is 0 Å². The maximum Gasteiger partial charge on any atom is 1.00 e. The summed E-state index contributed by atoms with van der Waals surface area (Å²) in [6.07, 6.45) is -2.10. The van der Waals surface area contributed by atoms with Gasteiger partial charge in [-0.1, -0.05) is 74.7 Å². The predicted molar refractivity (Wildman–Crippen MR) is 472 cm³/mol. The summed E-state index contributed by atoms with van der Waals surface area (Å²) in [7, 11) is 22.7. The predicted octanol–water partition coefficient (Wildman–Crippen LogP) is 13.6. The van der Waals surface area contributed by atoms with Gasteiger partial charge in [0.2, 0.25) is 28.9 Å². The molecule has 0 aliphatic carbocycles. The molecule has 126 heavy (non-hydrogen) atoms. The molecule has 10 aromatic rings. The van der Waals surface area contributed by atoms with E-state index in [0.717, 1.165) is 0 Å². The van der Waals surface area contributed by atoms with Gasteiger partial charge in [0.1, 0.15) is 6.61 Å². The lowest BCUT2D eigenvalue weighted by Gasteiger charge is -2.19. The quantitative estimate of drug-likeness (QED) is 0.00624. The number of hydrogen-bond acceptors (Lipinski definition) is 29. The molecule has 2 atom stereocenters. The van der Waals surface area contributed by atoms with E-state index in [9.17, 15) is 38.7 Å². The highest BCUT2D eigenvalue weighted by atomic mass is 16.6. The number of aliphatic hydroxyl groups is 1. The summed E-state index contributed by atoms with van der Waals surface area (Å²) in [6, 6.07) is 58.8. The Morgan fingerprint density at radius 1 is 0.365 bits per heavy atom. The van der Waals surface area contributed by atoms with Gasteiger partial charge in [-0.3, -0.25) is 38.4 Å². The van der Waals surface area contributed by atoms with E-state index in [1.807, 2.05) is 18.2 Å². The molecule has 10 rings (SSSR count). The first kappa shape index (κ1) is 109. The molecule has 0 spiro atoms. The van der Waals surface area contributed by atoms with Crippen molar-refractivity contribution >= 4 is 61.8 Å². The van der Waals surface area contributed by atoms with Crippen molar-refractivity contribution in [3.05, 3.63) is 252 Å². The second-order valence-electron chi connectivity index (χ2n) is 24.0. The van der Waals surface area contributed by atoms with E-state index >= 15 is 0 Å². The van der Waals surface area contributed by atoms with Crippen LogP contribution in [0, 0.1) is 0 Å². The van der Waals surface area contributed by atoms with E-state index in [1.54, 1.807) is 203 Å². The van der Waals surface area contributed by atoms with Crippen LogP contribution in [0.25, 0.3) is 0 Å². The van der Waals surface area contributed by atoms with Crippen molar-refractivity contribution in [3.8, 4) is 115 Å². The molecule has 32 nitrogen and oxygen atoms in total. The molecule has 0 aliphatic heterocycles. The van der Waals surface area contributed by atoms with Gasteiger partial charge < -0.3 is 111 Å². The number of para-hydroxylation sites is 10. The van der Waals surface area contributed by atoms with Crippen LogP contribution in [0.2, 0.25) is 0 Å². The van der Waals surface area contributed by atoms with Gasteiger partial charge in [-0.25, -0.2) is 4.42 Å². The average Bonchev–Trinajstić information content (AvgIpc) is 0.833. The van der Waals surface area contributed by atoms with Gasteiger partial charge in [0.25, 0.3) is 18.7 Å². The van der Waals surface area contributed by atoms with Gasteiger partial charge in [-0.05, 0) is 146 Å². The number of carboxylic acid groups (broad SMARTS) is 1. The van der Waals surface area contributed by atoms with Crippen LogP contribution in [0.1, 0.15) is 74.5 Å². The summed E-state index contributed by atoms with van der Waals surface area (Å²) < 4.78 is 104. The number of allylic oxidation sites excluding steroid dienone is 1. The number of carbonyl (C=O) groups is 8. The Balaban J connectivity index is 0.00000151. The zero-order chi connectivity index (χ0) is 90.9. The van der Waals surface area contributed by atoms with E-state index < -0.39 is 30.4 Å². The number of methoxy groups -OCH3 is 15. The average molecular weight is 1750 g/mol. The molecule has 0 saturated carbocycles. The molecule has 0 fully saturated rings. The van der Waals surface area contributed by atoms with Crippen molar-refractivity contribution in [1.82, 2.24) is 0 Å². The molecular formula is C93H107BO32+2. The maximum absolute atomic E-state index is 12.9. The molecule has 33 heteroatoms. The fourth-order valence-corrected chi connectivity index (χ4v) is 10.5. The summed E-state index contributed by atoms with van der Waals surface area (Å²) in [5.74, 6) is 7.10. The summed E-state index contributed by atoms with van der Waals surface area (Å²) in [6.45, 7) is 5.86. The third-order valence-electron chi connectivity index (χ3n) is 16.6. The molecule has 2 radical (unpaired) electrons. The third kappa shape index (κ3) is 32.6. The Morgan fingerprint density at radius 3 is 0.968 bits per heavy atom. The van der Waals surface area contributed by atoms with Crippen LogP contribution in [0.5, 0.6) is 115 Å². The van der Waals surface area contributed by atoms with Gasteiger partial charge >= 0.3 is 13.0 Å². The number of aromatic hydroxyl groups is 1. The molecule has 0 aliphatic rings. The maximum atomic E-state index is 12.9. The van der Waals surface area contributed by atoms with E-state index in [4.69, 9.17) is 109 Å². The van der Waals surface area contributed by atoms with Crippen molar-refractivity contribution in [2.45, 2.75) is 33.5 Å². The highest BCUT2D eigenvalue weighted by molar-refractivity contribution is 6.43. The second kappa shape index (κ2) is 58.7. The molecule has 0 aromatic heterocycles. The van der Waals surface area contributed by atoms with Crippen LogP contribution >= 0.6 is 0 Å². The molecule has 0 amide bonds. The largest absolute Gasteiger partial charge is 1.00 e. The van der Waals surface area contributed by atoms with Crippen LogP contribution in [0.4, 0.5) is 0 Å². The number of carbonyl (C=O) groups excluding carboxylic acids is 8. The summed E-state index contributed by atoms with van der Waals surface area (Å²) in [4.78, 5) is 91.6. The molecule has 0 heterocycles. The van der Waals surface area contributed by atoms with Crippen molar-refractivity contribution in [1.29, 1.82) is 0 Å². The number of Topliss-reactive ketones (excluding diaryl/α,β-unsaturated/α-hetero) is 6. The molecule has 10 aromatic carbocycles. The Morgan fingerprint density at radius 2 is 0.635 bits per heavy atom. The number of ether oxygens (including phenoxy) is 19. The Kier molecular flexibility index (Phi) is 50.6. The number of phenols is 1. The topological polar surface area (TPSA) is 415 Å². The molecule has 0 bridgehead atoms. The van der Waals surface area contributed by atoms with E-state index in [0.29, 0.717) is 137 Å². The Labute approximate surface area is 734 Å². The first-order valence-corrected chi connectivity index (χ1v) is 36.5. The number of phenolic OH excluding ortho intramolecular Hbond substituents is 1. The van der Waals surface area contributed by atoms with Crippen molar-refractivity contribution in [2.24, 2.45) is 0 Å². The highest BCUT2D eigenvalue weighted by Gasteiger charge is 2.29. The summed E-state index contributed by atoms with van der Waals surface area (Å²) >= 11 is 0. The third-order valence-corrected chi connectivity index (χ3v) is 16.6. The molecule has 5 N–H and O–H groups in total. The SMILES string of the molecule is C.C=C(Oc1ccccc1OC)C(=O)c1ccc(OC)c(OC)c1.COc1ccc(C(=O)C(C)=O)cc1OC.COc1ccc(C(=O)C(C)=[O+]c2ccccc2OC)cc1OC.COc1ccc(C(=O)C(CO)Oc2ccccc2OC)cc1OC.COc1ccc(C(=O)C(COC=O)Oc2ccccc2OC)cc1OC.COc1ccccc1O.O.O=CO.[BH].[H+]. The standard InChI is InChI=1S/C19H20O7.C18H20O6.C18H19O5.C18H18O5.C11H12O4.C7H8O2.CH2O2.CH4.BH.H2O/c1-22-14-6-4-5-7-16(14)26-18(11-25-12-20)19(21)13-8-9-15(23-2)17(10-13)24-3;1-21-13-6-4-5-7-15(13)24-17(11-19)18(20)12-8-9-14(22-2)16(10-12)23-3;2*1-12(23-16-8-6-5-7-14(16)20-2)18(19)13-9-10-15(21-3)17(11-13)22-4;1-7(12)11(13)8-4-5-9(14-2)10(6-8)15-3;1-9-7-5-3-2-4-6(7)8;2-1-3;;;/h4-10,12,18H,11H2,1-3H3;4-10,17,19H,11H2,1-3H3;5-11H,1-4H3;5-11H,1H2,2-4H3;4-6H,1-3H3;2-5,8H,1H3;1H,(H,2,3);1H4;1H;1H2/q;;+1;;;;;;;/p+1. The number of hydrogen-bond donors (Lipinski definition) is 3. The van der Waals surface area contributed by atoms with Gasteiger partial charge in [0, 0.05) is 49.2 Å². The highest BCUT2D eigenvalue weighted by Crippen LogP contribution is 2.37. The van der Waals surface area contributed by atoms with Crippen LogP contribution in [-0.2, 0) is 23.5 Å². The monoisotopic (exact) mass is 1750 g/mol. The lowest BCUT2D eigenvalue weighted by molar-refractivity contribution is -0.366. The van der Waals surface area contributed by atoms with Gasteiger partial charge in [-0.15, -0.1) is 0 Å². The lowest BCUT2D eigenvalue weighted by Crippen LogP contribution is -2.32. The van der Waals surface area contributed by atoms with Crippen LogP contribution in [-0.4, -0.2) is 215 Å². The zero-order valence-corrected chi connectivity index (χ0v) is 72.1. The van der Waals surface area contributed by atoms with Crippen molar-refractivity contribution in [2.75, 3.05) is 120 Å². The molecule has 2 unspecified atom stereocenters. The Bertz CT molecular complexity index is 5150. The van der Waals surface area contributed by atoms with Crippen LogP contribution < -0.4 is 85.3 Å². The summed E-state index contributed by atoms with van der Waals surface area (Å²) in [5, 5.41) is 25.4. The first-order valence-electron chi connectivity index (χ1n) is 36.5. The molecular weight excluding hydrogens is 1640 g/mol. The van der Waals surface area contributed by atoms with Gasteiger partial charge in [0.15, 0.2) is 127 Å². The smallest absolute Gasteiger partial charge is 0.504 e. The minimum atomic E-state index is -1.06. The molecule has 672 valence electrons. The van der Waals surface area contributed by atoms with Crippen LogP contribution in [0.3, 0.4) is 0 Å². The minimum Gasteiger partial charge on any atom is -0.504 e. The van der Waals surface area contributed by atoms with Crippen LogP contribution in [0.15, 0.2) is 225 Å². The number of rotatable bonds is 36. The van der Waals surface area contributed by atoms with E-state index in [-0.39, 0.29) is 82.7 Å². The lowest BCUT2D eigenvalue weighted by atomic mass is 10.1. The summed E-state index contributed by atoms with van der Waals surface area (Å²) in [5.41, 5.74) is 1.83. The minimum absolute atomic E-state index is 0. The zero-order valence-electron chi connectivity index (χ0n) is 73.1. The fourth-order valence-electron chi connectivity index (χ4n) is 10.5. The first-order chi connectivity index (χ1) is 59.3. The van der Waals surface area contributed by atoms with E-state index in [2.05, 4.69) is 6.58 Å². The molecule has 0 saturated heterocycles. The van der Waals surface area contributed by atoms with Crippen molar-refractivity contribution < 1.29 is 155 Å². The second-order valence-corrected chi connectivity index (χ2v) is 24.0. The number of benzene rings is 10. The van der Waals surface area contributed by atoms with Gasteiger partial charge in [-0.2, -0.15) is 0 Å². The van der Waals surface area contributed by atoms with Gasteiger partial charge in [0.05, 0.1) is 120 Å². The fraction of sp³-hybridized carbons (Fsp3) is 0.237.